The molecule has 0 saturated carbocycles. The van der Waals surface area contributed by atoms with Crippen LogP contribution in [0.2, 0.25) is 10.0 Å². The molecule has 5 rings (SSSR count). The fraction of sp³-hybridized carbons (Fsp3) is 0.481. The maximum Gasteiger partial charge on any atom is 0.320 e. The molecule has 3 fully saturated rings. The van der Waals surface area contributed by atoms with Gasteiger partial charge in [0.05, 0.1) is 22.6 Å². The minimum atomic E-state index is 0. The maximum absolute atomic E-state index is 12.8. The molecule has 2 amide bonds. The van der Waals surface area contributed by atoms with Crippen LogP contribution in [0.15, 0.2) is 51.9 Å². The average Bonchev–Trinajstić information content (AvgIpc) is 3.49. The Morgan fingerprint density at radius 2 is 1.84 bits per heavy atom. The van der Waals surface area contributed by atoms with Crippen LogP contribution in [0.3, 0.4) is 0 Å². The molecular weight excluding hydrogens is 655 g/mol. The lowest BCUT2D eigenvalue weighted by Crippen LogP contribution is -2.47. The number of nitrogens with one attached hydrogen (secondary N) is 2. The Kier molecular flexibility index (Phi) is 10.5. The van der Waals surface area contributed by atoms with Crippen molar-refractivity contribution >= 4 is 73.8 Å². The van der Waals surface area contributed by atoms with Gasteiger partial charge in [0.2, 0.25) is 0 Å². The molecule has 2 N–H and O–H groups in total. The van der Waals surface area contributed by atoms with Gasteiger partial charge in [-0.25, -0.2) is 9.79 Å². The number of urea groups is 1. The third-order valence-corrected chi connectivity index (χ3v) is 8.65. The van der Waals surface area contributed by atoms with E-state index in [-0.39, 0.29) is 29.1 Å². The second-order valence-electron chi connectivity index (χ2n) is 9.96. The van der Waals surface area contributed by atoms with Gasteiger partial charge in [-0.2, -0.15) is 0 Å². The standard InChI is InChI=1S/C27H33BrCl2N6O.BrH/c28-20-6-4-19(5-7-20)16-32-26(31-11-14-35-18-23-3-1-2-12-36(23)27(35)37)33-21-10-13-34(17-21)22-8-9-24(29)25(30)15-22;/h4-9,15,21,23H,1-3,10-14,16-18H2,(H2,31,32,33);1H. The number of piperidine rings is 1. The summed E-state index contributed by atoms with van der Waals surface area (Å²) >= 11 is 15.8. The number of fused-ring (bicyclic) bond motifs is 1. The molecule has 0 aromatic heterocycles. The van der Waals surface area contributed by atoms with E-state index in [4.69, 9.17) is 28.2 Å². The highest BCUT2D eigenvalue weighted by Gasteiger charge is 2.37. The number of hydrogen-bond donors (Lipinski definition) is 2. The van der Waals surface area contributed by atoms with Crippen LogP contribution in [0.5, 0.6) is 0 Å². The lowest BCUT2D eigenvalue weighted by molar-refractivity contribution is 0.175. The van der Waals surface area contributed by atoms with Crippen molar-refractivity contribution in [1.29, 1.82) is 0 Å². The summed E-state index contributed by atoms with van der Waals surface area (Å²) in [6, 6.07) is 14.8. The van der Waals surface area contributed by atoms with Gasteiger partial charge in [-0.05, 0) is 61.6 Å². The second kappa shape index (κ2) is 13.6. The van der Waals surface area contributed by atoms with Crippen LogP contribution in [0.4, 0.5) is 10.5 Å². The zero-order valence-electron chi connectivity index (χ0n) is 21.2. The van der Waals surface area contributed by atoms with Gasteiger partial charge < -0.3 is 25.3 Å². The number of benzene rings is 2. The summed E-state index contributed by atoms with van der Waals surface area (Å²) in [5.41, 5.74) is 2.21. The lowest BCUT2D eigenvalue weighted by Gasteiger charge is -2.27. The van der Waals surface area contributed by atoms with Crippen molar-refractivity contribution in [3.8, 4) is 0 Å². The van der Waals surface area contributed by atoms with Crippen molar-refractivity contribution in [3.63, 3.8) is 0 Å². The number of nitrogens with zero attached hydrogens (tertiary/aromatic N) is 4. The van der Waals surface area contributed by atoms with Gasteiger partial charge in [0, 0.05) is 55.5 Å². The number of halogens is 4. The topological polar surface area (TPSA) is 63.2 Å². The highest BCUT2D eigenvalue weighted by Crippen LogP contribution is 2.29. The van der Waals surface area contributed by atoms with E-state index in [0.717, 1.165) is 67.1 Å². The lowest BCUT2D eigenvalue weighted by atomic mass is 10.0. The molecular formula is C27H34Br2Cl2N6O. The molecule has 0 bridgehead atoms. The van der Waals surface area contributed by atoms with Gasteiger partial charge in [0.15, 0.2) is 5.96 Å². The smallest absolute Gasteiger partial charge is 0.320 e. The number of carbonyl (C=O) groups excluding carboxylic acids is 1. The van der Waals surface area contributed by atoms with Crippen LogP contribution in [-0.2, 0) is 6.54 Å². The van der Waals surface area contributed by atoms with Crippen LogP contribution in [0.1, 0.15) is 31.2 Å². The van der Waals surface area contributed by atoms with E-state index in [0.29, 0.717) is 35.7 Å². The molecule has 3 saturated heterocycles. The summed E-state index contributed by atoms with van der Waals surface area (Å²) in [5.74, 6) is 0.772. The number of anilines is 1. The first-order valence-electron chi connectivity index (χ1n) is 13.0. The van der Waals surface area contributed by atoms with E-state index < -0.39 is 0 Å². The average molecular weight is 689 g/mol. The molecule has 2 aromatic carbocycles. The molecule has 3 aliphatic rings. The third kappa shape index (κ3) is 7.29. The Hall–Kier alpha value is -1.68. The first-order valence-corrected chi connectivity index (χ1v) is 14.6. The van der Waals surface area contributed by atoms with Gasteiger partial charge >= 0.3 is 6.03 Å². The predicted octanol–water partition coefficient (Wildman–Crippen LogP) is 5.94. The molecule has 0 aliphatic carbocycles. The molecule has 0 radical (unpaired) electrons. The molecule has 7 nitrogen and oxygen atoms in total. The van der Waals surface area contributed by atoms with E-state index in [1.165, 1.54) is 6.42 Å². The van der Waals surface area contributed by atoms with Crippen molar-refractivity contribution in [2.75, 3.05) is 44.2 Å². The second-order valence-corrected chi connectivity index (χ2v) is 11.7. The molecule has 2 unspecified atom stereocenters. The Morgan fingerprint density at radius 1 is 1.03 bits per heavy atom. The molecule has 206 valence electrons. The minimum Gasteiger partial charge on any atom is -0.369 e. The third-order valence-electron chi connectivity index (χ3n) is 7.38. The van der Waals surface area contributed by atoms with Crippen LogP contribution < -0.4 is 15.5 Å². The van der Waals surface area contributed by atoms with Crippen molar-refractivity contribution in [2.24, 2.45) is 4.99 Å². The number of amides is 2. The van der Waals surface area contributed by atoms with Crippen LogP contribution in [0, 0.1) is 0 Å². The number of guanidine groups is 1. The van der Waals surface area contributed by atoms with Crippen molar-refractivity contribution in [3.05, 3.63) is 62.5 Å². The van der Waals surface area contributed by atoms with Crippen molar-refractivity contribution in [2.45, 2.75) is 44.3 Å². The molecule has 38 heavy (non-hydrogen) atoms. The Balaban J connectivity index is 0.00000336. The highest BCUT2D eigenvalue weighted by molar-refractivity contribution is 9.10. The Bertz CT molecular complexity index is 1140. The van der Waals surface area contributed by atoms with E-state index in [1.54, 1.807) is 0 Å². The number of hydrogen-bond acceptors (Lipinski definition) is 3. The molecule has 2 aromatic rings. The predicted molar refractivity (Wildman–Crippen MR) is 165 cm³/mol. The van der Waals surface area contributed by atoms with Gasteiger partial charge in [-0.1, -0.05) is 51.3 Å². The van der Waals surface area contributed by atoms with E-state index >= 15 is 0 Å². The molecule has 3 heterocycles. The largest absolute Gasteiger partial charge is 0.369 e. The normalized spacial score (nSPS) is 21.4. The molecule has 11 heteroatoms. The van der Waals surface area contributed by atoms with Gasteiger partial charge in [-0.15, -0.1) is 17.0 Å². The number of aliphatic imine (C=N–C) groups is 1. The highest BCUT2D eigenvalue weighted by atomic mass is 79.9. The van der Waals surface area contributed by atoms with Gasteiger partial charge in [-0.3, -0.25) is 0 Å². The monoisotopic (exact) mass is 686 g/mol. The summed E-state index contributed by atoms with van der Waals surface area (Å²) in [6.07, 6.45) is 4.44. The summed E-state index contributed by atoms with van der Waals surface area (Å²) in [7, 11) is 0. The quantitative estimate of drug-likeness (QED) is 0.280. The molecule has 0 spiro atoms. The fourth-order valence-electron chi connectivity index (χ4n) is 5.35. The fourth-order valence-corrected chi connectivity index (χ4v) is 5.91. The van der Waals surface area contributed by atoms with Crippen LogP contribution in [-0.4, -0.2) is 73.1 Å². The zero-order valence-corrected chi connectivity index (χ0v) is 26.0. The minimum absolute atomic E-state index is 0. The van der Waals surface area contributed by atoms with Crippen molar-refractivity contribution in [1.82, 2.24) is 20.4 Å². The summed E-state index contributed by atoms with van der Waals surface area (Å²) < 4.78 is 1.05. The zero-order chi connectivity index (χ0) is 25.8. The summed E-state index contributed by atoms with van der Waals surface area (Å²) in [4.78, 5) is 24.0. The summed E-state index contributed by atoms with van der Waals surface area (Å²) in [5, 5.41) is 8.25. The van der Waals surface area contributed by atoms with Crippen molar-refractivity contribution < 1.29 is 4.79 Å². The molecule has 3 aliphatic heterocycles. The summed E-state index contributed by atoms with van der Waals surface area (Å²) in [6.45, 7) is 5.40. The van der Waals surface area contributed by atoms with E-state index in [1.807, 2.05) is 35.2 Å². The Labute approximate surface area is 253 Å². The van der Waals surface area contributed by atoms with E-state index in [9.17, 15) is 4.79 Å². The SMILES string of the molecule is Br.O=C1N(CCNC(=NCc2ccc(Br)cc2)NC2CCN(c3ccc(Cl)c(Cl)c3)C2)CC2CCCCN12. The van der Waals surface area contributed by atoms with Crippen LogP contribution in [0.25, 0.3) is 0 Å². The first kappa shape index (κ1) is 29.3. The van der Waals surface area contributed by atoms with Gasteiger partial charge in [0.1, 0.15) is 0 Å². The first-order chi connectivity index (χ1) is 18.0. The van der Waals surface area contributed by atoms with Gasteiger partial charge in [0.25, 0.3) is 0 Å². The number of carbonyl (C=O) groups is 1. The maximum atomic E-state index is 12.8. The van der Waals surface area contributed by atoms with E-state index in [2.05, 4.69) is 48.5 Å². The Morgan fingerprint density at radius 3 is 2.61 bits per heavy atom. The molecule has 2 atom stereocenters. The van der Waals surface area contributed by atoms with Crippen LogP contribution >= 0.6 is 56.1 Å². The number of rotatable bonds is 7.